The van der Waals surface area contributed by atoms with Gasteiger partial charge in [-0.1, -0.05) is 24.3 Å². The number of amides is 1. The first-order valence-electron chi connectivity index (χ1n) is 10.1. The van der Waals surface area contributed by atoms with Gasteiger partial charge in [-0.3, -0.25) is 9.78 Å². The summed E-state index contributed by atoms with van der Waals surface area (Å²) in [6.45, 7) is 1.06. The van der Waals surface area contributed by atoms with Crippen molar-refractivity contribution in [1.29, 1.82) is 0 Å². The number of hydrogen-bond donors (Lipinski definition) is 0. The fraction of sp³-hybridized carbons (Fsp3) is 0.250. The maximum Gasteiger partial charge on any atom is 0.416 e. The molecule has 1 aliphatic rings. The predicted molar refractivity (Wildman–Crippen MR) is 109 cm³/mol. The monoisotopic (exact) mass is 444 g/mol. The zero-order valence-corrected chi connectivity index (χ0v) is 17.0. The number of nitrogens with zero attached hydrogens (tertiary/aromatic N) is 2. The molecule has 1 saturated heterocycles. The molecular weight excluding hydrogens is 424 g/mol. The molecule has 0 saturated carbocycles. The third-order valence-corrected chi connectivity index (χ3v) is 5.28. The summed E-state index contributed by atoms with van der Waals surface area (Å²) < 4.78 is 57.6. The third-order valence-electron chi connectivity index (χ3n) is 5.28. The molecule has 1 aromatic heterocycles. The molecule has 0 spiro atoms. The number of aromatic nitrogens is 1. The largest absolute Gasteiger partial charge is 0.416 e. The van der Waals surface area contributed by atoms with Crippen molar-refractivity contribution in [2.75, 3.05) is 19.7 Å². The van der Waals surface area contributed by atoms with Crippen LogP contribution in [0.1, 0.15) is 38.8 Å². The average molecular weight is 444 g/mol. The number of hydrogen-bond acceptors (Lipinski definition) is 3. The van der Waals surface area contributed by atoms with Gasteiger partial charge in [0.2, 0.25) is 0 Å². The van der Waals surface area contributed by atoms with E-state index in [9.17, 15) is 22.4 Å². The van der Waals surface area contributed by atoms with E-state index in [0.717, 1.165) is 17.7 Å². The summed E-state index contributed by atoms with van der Waals surface area (Å²) in [7, 11) is 0. The SMILES string of the molecule is O=C(c1ccc(F)cc1)N1CCOC(c2ccc(Cc3cccc(C(F)(F)F)c3)cn2)C1. The Bertz CT molecular complexity index is 1080. The molecule has 2 heterocycles. The van der Waals surface area contributed by atoms with E-state index in [1.54, 1.807) is 29.3 Å². The van der Waals surface area contributed by atoms with Gasteiger partial charge in [0.05, 0.1) is 24.4 Å². The lowest BCUT2D eigenvalue weighted by Crippen LogP contribution is -2.42. The molecule has 2 aromatic carbocycles. The van der Waals surface area contributed by atoms with Gasteiger partial charge in [0.15, 0.2) is 0 Å². The van der Waals surface area contributed by atoms with Gasteiger partial charge in [0.1, 0.15) is 11.9 Å². The molecular formula is C24H20F4N2O2. The summed E-state index contributed by atoms with van der Waals surface area (Å²) >= 11 is 0. The number of rotatable bonds is 4. The Labute approximate surface area is 182 Å². The van der Waals surface area contributed by atoms with Crippen molar-refractivity contribution in [2.45, 2.75) is 18.7 Å². The van der Waals surface area contributed by atoms with Crippen LogP contribution in [0.5, 0.6) is 0 Å². The highest BCUT2D eigenvalue weighted by Gasteiger charge is 2.30. The van der Waals surface area contributed by atoms with Gasteiger partial charge in [-0.05, 0) is 53.9 Å². The van der Waals surface area contributed by atoms with Crippen molar-refractivity contribution < 1.29 is 27.1 Å². The molecule has 1 unspecified atom stereocenters. The second kappa shape index (κ2) is 9.08. The van der Waals surface area contributed by atoms with Gasteiger partial charge >= 0.3 is 6.18 Å². The van der Waals surface area contributed by atoms with Crippen LogP contribution in [-0.4, -0.2) is 35.5 Å². The number of benzene rings is 2. The van der Waals surface area contributed by atoms with Crippen molar-refractivity contribution >= 4 is 5.91 Å². The highest BCUT2D eigenvalue weighted by Crippen LogP contribution is 2.30. The third kappa shape index (κ3) is 5.13. The van der Waals surface area contributed by atoms with E-state index in [4.69, 9.17) is 4.74 Å². The molecule has 1 aliphatic heterocycles. The van der Waals surface area contributed by atoms with Gasteiger partial charge in [-0.2, -0.15) is 13.2 Å². The first-order valence-corrected chi connectivity index (χ1v) is 10.1. The zero-order chi connectivity index (χ0) is 22.7. The van der Waals surface area contributed by atoms with E-state index in [1.807, 2.05) is 0 Å². The summed E-state index contributed by atoms with van der Waals surface area (Å²) in [6, 6.07) is 14.2. The summed E-state index contributed by atoms with van der Waals surface area (Å²) in [5.41, 5.74) is 1.66. The number of morpholine rings is 1. The summed E-state index contributed by atoms with van der Waals surface area (Å²) in [6.07, 6.45) is -2.87. The predicted octanol–water partition coefficient (Wildman–Crippen LogP) is 5.04. The Balaban J connectivity index is 1.42. The van der Waals surface area contributed by atoms with E-state index in [-0.39, 0.29) is 5.91 Å². The van der Waals surface area contributed by atoms with Crippen LogP contribution in [0.3, 0.4) is 0 Å². The van der Waals surface area contributed by atoms with Crippen LogP contribution in [0.2, 0.25) is 0 Å². The normalized spacial score (nSPS) is 16.8. The number of halogens is 4. The Morgan fingerprint density at radius 3 is 2.53 bits per heavy atom. The molecule has 0 aliphatic carbocycles. The van der Waals surface area contributed by atoms with Crippen LogP contribution in [0.4, 0.5) is 17.6 Å². The number of alkyl halides is 3. The van der Waals surface area contributed by atoms with Crippen LogP contribution in [0.25, 0.3) is 0 Å². The Morgan fingerprint density at radius 1 is 1.06 bits per heavy atom. The Hall–Kier alpha value is -3.26. The van der Waals surface area contributed by atoms with Crippen LogP contribution >= 0.6 is 0 Å². The molecule has 1 fully saturated rings. The van der Waals surface area contributed by atoms with Gasteiger partial charge in [0.25, 0.3) is 5.91 Å². The van der Waals surface area contributed by atoms with E-state index in [0.29, 0.717) is 42.9 Å². The Morgan fingerprint density at radius 2 is 1.84 bits per heavy atom. The summed E-state index contributed by atoms with van der Waals surface area (Å²) in [5, 5.41) is 0. The van der Waals surface area contributed by atoms with E-state index >= 15 is 0 Å². The molecule has 1 amide bonds. The molecule has 32 heavy (non-hydrogen) atoms. The minimum Gasteiger partial charge on any atom is -0.368 e. The highest BCUT2D eigenvalue weighted by atomic mass is 19.4. The zero-order valence-electron chi connectivity index (χ0n) is 17.0. The molecule has 4 rings (SSSR count). The molecule has 4 nitrogen and oxygen atoms in total. The van der Waals surface area contributed by atoms with E-state index in [2.05, 4.69) is 4.98 Å². The minimum absolute atomic E-state index is 0.209. The van der Waals surface area contributed by atoms with Crippen LogP contribution in [0, 0.1) is 5.82 Å². The summed E-state index contributed by atoms with van der Waals surface area (Å²) in [4.78, 5) is 18.7. The molecule has 8 heteroatoms. The second-order valence-corrected chi connectivity index (χ2v) is 7.58. The van der Waals surface area contributed by atoms with Crippen molar-refractivity contribution in [2.24, 2.45) is 0 Å². The molecule has 0 bridgehead atoms. The maximum atomic E-state index is 13.1. The second-order valence-electron chi connectivity index (χ2n) is 7.58. The molecule has 166 valence electrons. The van der Waals surface area contributed by atoms with Crippen molar-refractivity contribution in [3.05, 3.63) is 101 Å². The lowest BCUT2D eigenvalue weighted by atomic mass is 10.0. The number of carbonyl (C=O) groups is 1. The molecule has 1 atom stereocenters. The fourth-order valence-corrected chi connectivity index (χ4v) is 3.61. The lowest BCUT2D eigenvalue weighted by molar-refractivity contribution is -0.137. The van der Waals surface area contributed by atoms with Crippen molar-refractivity contribution in [3.63, 3.8) is 0 Å². The number of carbonyl (C=O) groups excluding carboxylic acids is 1. The standard InChI is InChI=1S/C24H20F4N2O2/c25-20-7-5-18(6-8-20)23(31)30-10-11-32-22(15-30)21-9-4-17(14-29-21)12-16-2-1-3-19(13-16)24(26,27)28/h1-9,13-14,22H,10-12,15H2. The maximum absolute atomic E-state index is 13.1. The quantitative estimate of drug-likeness (QED) is 0.530. The van der Waals surface area contributed by atoms with Gasteiger partial charge in [-0.25, -0.2) is 4.39 Å². The van der Waals surface area contributed by atoms with Gasteiger partial charge < -0.3 is 9.64 Å². The number of pyridine rings is 1. The van der Waals surface area contributed by atoms with Crippen molar-refractivity contribution in [1.82, 2.24) is 9.88 Å². The lowest BCUT2D eigenvalue weighted by Gasteiger charge is -2.32. The Kier molecular flexibility index (Phi) is 6.23. The van der Waals surface area contributed by atoms with Crippen LogP contribution in [-0.2, 0) is 17.3 Å². The first kappa shape index (κ1) is 22.0. The molecule has 0 radical (unpaired) electrons. The van der Waals surface area contributed by atoms with Crippen LogP contribution in [0.15, 0.2) is 66.9 Å². The minimum atomic E-state index is -4.38. The fourth-order valence-electron chi connectivity index (χ4n) is 3.61. The van der Waals surface area contributed by atoms with Crippen LogP contribution < -0.4 is 0 Å². The topological polar surface area (TPSA) is 42.4 Å². The smallest absolute Gasteiger partial charge is 0.368 e. The van der Waals surface area contributed by atoms with Gasteiger partial charge in [-0.15, -0.1) is 0 Å². The van der Waals surface area contributed by atoms with E-state index in [1.165, 1.54) is 30.3 Å². The number of ether oxygens (including phenoxy) is 1. The molecule has 3 aromatic rings. The average Bonchev–Trinajstić information content (AvgIpc) is 2.79. The summed E-state index contributed by atoms with van der Waals surface area (Å²) in [5.74, 6) is -0.615. The highest BCUT2D eigenvalue weighted by molar-refractivity contribution is 5.94. The van der Waals surface area contributed by atoms with Gasteiger partial charge in [0, 0.05) is 18.3 Å². The molecule has 0 N–H and O–H groups in total. The first-order chi connectivity index (χ1) is 15.3. The van der Waals surface area contributed by atoms with E-state index < -0.39 is 23.7 Å². The van der Waals surface area contributed by atoms with Crippen molar-refractivity contribution in [3.8, 4) is 0 Å².